The van der Waals surface area contributed by atoms with Gasteiger partial charge >= 0.3 is 0 Å². The Kier molecular flexibility index (Phi) is 5.16. The number of fused-ring (bicyclic) bond motifs is 2. The van der Waals surface area contributed by atoms with Crippen LogP contribution in [0.15, 0.2) is 30.3 Å². The maximum Gasteiger partial charge on any atom is 0.219 e. The van der Waals surface area contributed by atoms with Crippen LogP contribution in [0.5, 0.6) is 5.75 Å². The van der Waals surface area contributed by atoms with Crippen LogP contribution in [0, 0.1) is 17.5 Å². The number of ether oxygens (including phenoxy) is 1. The molecule has 1 aliphatic carbocycles. The lowest BCUT2D eigenvalue weighted by molar-refractivity contribution is -0.129. The van der Waals surface area contributed by atoms with Gasteiger partial charge in [0.2, 0.25) is 5.91 Å². The van der Waals surface area contributed by atoms with Gasteiger partial charge in [-0.25, -0.2) is 13.2 Å². The standard InChI is InChI=1S/C24H22F3N3O3/c1-12(31)29-6-5-20-17(11-29)23(13-3-4-18(26)22(7-13)33-2)28-30(20)24-16-8-14(25)9-19(27)15(16)10-21(24)32/h3-4,7-9,21,24,32H,5-6,10-11H2,1-2H3/t21-,24-/m1/s1. The van der Waals surface area contributed by atoms with Crippen molar-refractivity contribution in [2.24, 2.45) is 0 Å². The van der Waals surface area contributed by atoms with Gasteiger partial charge in [-0.15, -0.1) is 0 Å². The Bertz CT molecular complexity index is 1270. The Labute approximate surface area is 188 Å². The van der Waals surface area contributed by atoms with Crippen LogP contribution < -0.4 is 4.74 Å². The van der Waals surface area contributed by atoms with Crippen molar-refractivity contribution >= 4 is 5.91 Å². The third kappa shape index (κ3) is 3.47. The molecular formula is C24H22F3N3O3. The maximum atomic E-state index is 14.4. The van der Waals surface area contributed by atoms with Gasteiger partial charge in [-0.05, 0) is 35.4 Å². The Morgan fingerprint density at radius 2 is 1.94 bits per heavy atom. The summed E-state index contributed by atoms with van der Waals surface area (Å²) in [7, 11) is 1.36. The lowest BCUT2D eigenvalue weighted by Gasteiger charge is -2.28. The van der Waals surface area contributed by atoms with E-state index in [1.54, 1.807) is 15.6 Å². The zero-order valence-electron chi connectivity index (χ0n) is 18.1. The smallest absolute Gasteiger partial charge is 0.219 e. The second-order valence-electron chi connectivity index (χ2n) is 8.43. The van der Waals surface area contributed by atoms with E-state index < -0.39 is 29.6 Å². The molecule has 6 nitrogen and oxygen atoms in total. The Morgan fingerprint density at radius 1 is 1.15 bits per heavy atom. The first-order valence-electron chi connectivity index (χ1n) is 10.6. The van der Waals surface area contributed by atoms with Crippen LogP contribution in [-0.2, 0) is 24.2 Å². The number of hydrogen-bond donors (Lipinski definition) is 1. The first kappa shape index (κ1) is 21.5. The molecular weight excluding hydrogens is 435 g/mol. The van der Waals surface area contributed by atoms with Crippen molar-refractivity contribution in [2.75, 3.05) is 13.7 Å². The zero-order valence-corrected chi connectivity index (χ0v) is 18.1. The van der Waals surface area contributed by atoms with Crippen molar-refractivity contribution in [1.82, 2.24) is 14.7 Å². The minimum Gasteiger partial charge on any atom is -0.494 e. The molecule has 172 valence electrons. The van der Waals surface area contributed by atoms with Gasteiger partial charge in [0.25, 0.3) is 0 Å². The number of hydrogen-bond acceptors (Lipinski definition) is 4. The first-order chi connectivity index (χ1) is 15.8. The SMILES string of the molecule is COc1cc(-c2nn([C@@H]3c4cc(F)cc(F)c4C[C@H]3O)c3c2CN(C(C)=O)CC3)ccc1F. The Morgan fingerprint density at radius 3 is 2.67 bits per heavy atom. The molecule has 0 saturated heterocycles. The molecule has 0 fully saturated rings. The molecule has 0 radical (unpaired) electrons. The molecule has 33 heavy (non-hydrogen) atoms. The number of aliphatic hydroxyl groups is 1. The highest BCUT2D eigenvalue weighted by atomic mass is 19.1. The van der Waals surface area contributed by atoms with Crippen molar-refractivity contribution in [2.45, 2.75) is 38.5 Å². The lowest BCUT2D eigenvalue weighted by atomic mass is 9.99. The van der Waals surface area contributed by atoms with Crippen molar-refractivity contribution in [1.29, 1.82) is 0 Å². The van der Waals surface area contributed by atoms with E-state index >= 15 is 0 Å². The molecule has 5 rings (SSSR count). The van der Waals surface area contributed by atoms with Crippen molar-refractivity contribution in [3.63, 3.8) is 0 Å². The molecule has 0 spiro atoms. The molecule has 1 amide bonds. The molecule has 1 aliphatic heterocycles. The minimum atomic E-state index is -0.998. The molecule has 0 saturated carbocycles. The summed E-state index contributed by atoms with van der Waals surface area (Å²) in [5, 5.41) is 15.6. The largest absolute Gasteiger partial charge is 0.494 e. The van der Waals surface area contributed by atoms with Crippen LogP contribution in [0.4, 0.5) is 13.2 Å². The van der Waals surface area contributed by atoms with Gasteiger partial charge in [0, 0.05) is 55.7 Å². The third-order valence-corrected chi connectivity index (χ3v) is 6.51. The Hall–Kier alpha value is -3.33. The average molecular weight is 457 g/mol. The summed E-state index contributed by atoms with van der Waals surface area (Å²) in [6.07, 6.45) is -0.502. The molecule has 1 N–H and O–H groups in total. The summed E-state index contributed by atoms with van der Waals surface area (Å²) in [4.78, 5) is 13.7. The first-order valence-corrected chi connectivity index (χ1v) is 10.6. The van der Waals surface area contributed by atoms with Crippen LogP contribution in [0.25, 0.3) is 11.3 Å². The average Bonchev–Trinajstić information content (AvgIpc) is 3.31. The predicted octanol–water partition coefficient (Wildman–Crippen LogP) is 3.39. The van der Waals surface area contributed by atoms with Crippen LogP contribution >= 0.6 is 0 Å². The van der Waals surface area contributed by atoms with E-state index in [9.17, 15) is 23.1 Å². The van der Waals surface area contributed by atoms with E-state index in [0.717, 1.165) is 17.3 Å². The van der Waals surface area contributed by atoms with E-state index in [1.165, 1.54) is 32.2 Å². The fraction of sp³-hybridized carbons (Fsp3) is 0.333. The fourth-order valence-electron chi connectivity index (χ4n) is 4.91. The highest BCUT2D eigenvalue weighted by Crippen LogP contribution is 2.41. The number of benzene rings is 2. The van der Waals surface area contributed by atoms with Gasteiger partial charge < -0.3 is 14.7 Å². The molecule has 9 heteroatoms. The maximum absolute atomic E-state index is 14.4. The van der Waals surface area contributed by atoms with Gasteiger partial charge in [-0.3, -0.25) is 9.48 Å². The van der Waals surface area contributed by atoms with Gasteiger partial charge in [0.1, 0.15) is 17.7 Å². The molecule has 3 aromatic rings. The van der Waals surface area contributed by atoms with Gasteiger partial charge in [0.05, 0.1) is 18.9 Å². The summed E-state index contributed by atoms with van der Waals surface area (Å²) in [6.45, 7) is 2.22. The van der Waals surface area contributed by atoms with Crippen LogP contribution in [-0.4, -0.2) is 45.5 Å². The highest BCUT2D eigenvalue weighted by Gasteiger charge is 2.39. The van der Waals surface area contributed by atoms with E-state index in [0.29, 0.717) is 29.8 Å². The number of amides is 1. The number of halogens is 3. The van der Waals surface area contributed by atoms with Crippen molar-refractivity contribution < 1.29 is 27.8 Å². The molecule has 1 aromatic heterocycles. The molecule has 2 atom stereocenters. The van der Waals surface area contributed by atoms with Crippen molar-refractivity contribution in [3.8, 4) is 17.0 Å². The van der Waals surface area contributed by atoms with Crippen molar-refractivity contribution in [3.05, 3.63) is 70.2 Å². The number of carbonyl (C=O) groups excluding carboxylic acids is 1. The lowest BCUT2D eigenvalue weighted by Crippen LogP contribution is -2.35. The third-order valence-electron chi connectivity index (χ3n) is 6.51. The number of carbonyl (C=O) groups is 1. The molecule has 0 bridgehead atoms. The topological polar surface area (TPSA) is 67.6 Å². The summed E-state index contributed by atoms with van der Waals surface area (Å²) >= 11 is 0. The second kappa shape index (κ2) is 7.91. The molecule has 2 heterocycles. The van der Waals surface area contributed by atoms with E-state index in [4.69, 9.17) is 9.84 Å². The normalized spacial score (nSPS) is 19.4. The quantitative estimate of drug-likeness (QED) is 0.655. The number of nitrogens with zero attached hydrogens (tertiary/aromatic N) is 3. The summed E-state index contributed by atoms with van der Waals surface area (Å²) in [5.41, 5.74) is 3.22. The number of aromatic nitrogens is 2. The highest BCUT2D eigenvalue weighted by molar-refractivity contribution is 5.75. The number of aliphatic hydroxyl groups excluding tert-OH is 1. The molecule has 2 aromatic carbocycles. The summed E-state index contributed by atoms with van der Waals surface area (Å²) in [6, 6.07) is 5.63. The second-order valence-corrected chi connectivity index (χ2v) is 8.43. The summed E-state index contributed by atoms with van der Waals surface area (Å²) in [5.74, 6) is -1.99. The molecule has 0 unspecified atom stereocenters. The molecule has 2 aliphatic rings. The Balaban J connectivity index is 1.70. The monoisotopic (exact) mass is 457 g/mol. The predicted molar refractivity (Wildman–Crippen MR) is 113 cm³/mol. The fourth-order valence-corrected chi connectivity index (χ4v) is 4.91. The number of rotatable bonds is 3. The van der Waals surface area contributed by atoms with E-state index in [2.05, 4.69) is 0 Å². The van der Waals surface area contributed by atoms with Gasteiger partial charge in [-0.1, -0.05) is 0 Å². The number of methoxy groups -OCH3 is 1. The van der Waals surface area contributed by atoms with Crippen LogP contribution in [0.3, 0.4) is 0 Å². The van der Waals surface area contributed by atoms with Gasteiger partial charge in [-0.2, -0.15) is 5.10 Å². The van der Waals surface area contributed by atoms with Crippen LogP contribution in [0.1, 0.15) is 35.3 Å². The van der Waals surface area contributed by atoms with E-state index in [-0.39, 0.29) is 30.2 Å². The zero-order chi connectivity index (χ0) is 23.4. The van der Waals surface area contributed by atoms with E-state index in [1.807, 2.05) is 0 Å². The van der Waals surface area contributed by atoms with Gasteiger partial charge in [0.15, 0.2) is 11.6 Å². The summed E-state index contributed by atoms with van der Waals surface area (Å²) < 4.78 is 49.2. The van der Waals surface area contributed by atoms with Crippen LogP contribution in [0.2, 0.25) is 0 Å². The minimum absolute atomic E-state index is 0.0417.